The number of aromatic hydroxyl groups is 1. The van der Waals surface area contributed by atoms with Crippen molar-refractivity contribution in [1.82, 2.24) is 15.0 Å². The predicted octanol–water partition coefficient (Wildman–Crippen LogP) is 4.38. The first-order valence-corrected chi connectivity index (χ1v) is 9.18. The van der Waals surface area contributed by atoms with Crippen molar-refractivity contribution in [1.29, 1.82) is 0 Å². The van der Waals surface area contributed by atoms with Gasteiger partial charge in [0.15, 0.2) is 0 Å². The van der Waals surface area contributed by atoms with Crippen molar-refractivity contribution < 1.29 is 14.6 Å². The zero-order chi connectivity index (χ0) is 20.2. The second-order valence-electron chi connectivity index (χ2n) is 6.57. The quantitative estimate of drug-likeness (QED) is 0.532. The van der Waals surface area contributed by atoms with Gasteiger partial charge in [0.2, 0.25) is 0 Å². The summed E-state index contributed by atoms with van der Waals surface area (Å²) in [7, 11) is 3.29. The second kappa shape index (κ2) is 8.06. The summed E-state index contributed by atoms with van der Waals surface area (Å²) >= 11 is 0. The lowest BCUT2D eigenvalue weighted by Gasteiger charge is -2.10. The van der Waals surface area contributed by atoms with E-state index in [0.29, 0.717) is 6.54 Å². The predicted molar refractivity (Wildman–Crippen MR) is 111 cm³/mol. The molecule has 0 bridgehead atoms. The highest BCUT2D eigenvalue weighted by molar-refractivity contribution is 5.78. The Morgan fingerprint density at radius 1 is 0.759 bits per heavy atom. The molecule has 0 aliphatic rings. The number of hydrogen-bond acceptors (Lipinski definition) is 5. The molecule has 0 amide bonds. The van der Waals surface area contributed by atoms with Crippen molar-refractivity contribution in [2.45, 2.75) is 6.54 Å². The van der Waals surface area contributed by atoms with E-state index < -0.39 is 0 Å². The minimum absolute atomic E-state index is 0.217. The molecule has 1 N–H and O–H groups in total. The topological polar surface area (TPSA) is 69.4 Å². The number of rotatable bonds is 6. The van der Waals surface area contributed by atoms with Crippen LogP contribution in [0.25, 0.3) is 22.5 Å². The summed E-state index contributed by atoms with van der Waals surface area (Å²) in [5.74, 6) is 1.81. The molecular weight excluding hydrogens is 366 g/mol. The van der Waals surface area contributed by atoms with Crippen LogP contribution in [0.15, 0.2) is 72.8 Å². The maximum atomic E-state index is 9.69. The second-order valence-corrected chi connectivity index (χ2v) is 6.57. The molecule has 6 nitrogen and oxygen atoms in total. The average molecular weight is 387 g/mol. The lowest BCUT2D eigenvalue weighted by Crippen LogP contribution is -2.04. The summed E-state index contributed by atoms with van der Waals surface area (Å²) < 4.78 is 12.4. The molecule has 0 fully saturated rings. The first-order chi connectivity index (χ1) is 14.2. The molecule has 1 heterocycles. The van der Waals surface area contributed by atoms with Gasteiger partial charge in [0.05, 0.1) is 26.5 Å². The molecule has 0 atom stereocenters. The summed E-state index contributed by atoms with van der Waals surface area (Å²) in [6.07, 6.45) is 0. The minimum atomic E-state index is 0.217. The molecule has 0 unspecified atom stereocenters. The Hall–Kier alpha value is -3.80. The van der Waals surface area contributed by atoms with Crippen molar-refractivity contribution in [2.75, 3.05) is 14.2 Å². The molecule has 29 heavy (non-hydrogen) atoms. The largest absolute Gasteiger partial charge is 0.508 e. The van der Waals surface area contributed by atoms with Gasteiger partial charge in [-0.3, -0.25) is 0 Å². The first kappa shape index (κ1) is 18.6. The summed E-state index contributed by atoms with van der Waals surface area (Å²) in [6.45, 7) is 0.559. The van der Waals surface area contributed by atoms with Gasteiger partial charge in [-0.2, -0.15) is 0 Å². The van der Waals surface area contributed by atoms with Gasteiger partial charge in [0.25, 0.3) is 0 Å². The van der Waals surface area contributed by atoms with Crippen LogP contribution in [0.1, 0.15) is 5.56 Å². The standard InChI is InChI=1S/C23H21N3O3/c1-28-20-11-3-16(4-12-20)15-26-23(18-5-9-19(27)10-6-18)22(24-25-26)17-7-13-21(29-2)14-8-17/h3-14,27H,15H2,1-2H3. The molecule has 0 radical (unpaired) electrons. The molecule has 0 aliphatic heterocycles. The van der Waals surface area contributed by atoms with Crippen LogP contribution in [0.2, 0.25) is 0 Å². The highest BCUT2D eigenvalue weighted by Gasteiger charge is 2.17. The van der Waals surface area contributed by atoms with Crippen molar-refractivity contribution in [3.63, 3.8) is 0 Å². The summed E-state index contributed by atoms with van der Waals surface area (Å²) in [6, 6.07) is 22.7. The van der Waals surface area contributed by atoms with Crippen molar-refractivity contribution in [3.05, 3.63) is 78.4 Å². The molecule has 0 spiro atoms. The van der Waals surface area contributed by atoms with E-state index in [1.54, 1.807) is 26.4 Å². The third-order valence-corrected chi connectivity index (χ3v) is 4.73. The molecule has 146 valence electrons. The van der Waals surface area contributed by atoms with Crippen molar-refractivity contribution in [3.8, 4) is 39.8 Å². The molecule has 1 aromatic heterocycles. The van der Waals surface area contributed by atoms with E-state index in [1.165, 1.54) is 0 Å². The highest BCUT2D eigenvalue weighted by atomic mass is 16.5. The lowest BCUT2D eigenvalue weighted by molar-refractivity contribution is 0.414. The Kier molecular flexibility index (Phi) is 5.16. The number of aromatic nitrogens is 3. The highest BCUT2D eigenvalue weighted by Crippen LogP contribution is 2.32. The number of nitrogens with zero attached hydrogens (tertiary/aromatic N) is 3. The zero-order valence-corrected chi connectivity index (χ0v) is 16.2. The van der Waals surface area contributed by atoms with E-state index >= 15 is 0 Å². The molecule has 4 rings (SSSR count). The van der Waals surface area contributed by atoms with E-state index in [9.17, 15) is 5.11 Å². The van der Waals surface area contributed by atoms with Gasteiger partial charge in [0.1, 0.15) is 22.9 Å². The molecular formula is C23H21N3O3. The number of hydrogen-bond donors (Lipinski definition) is 1. The van der Waals surface area contributed by atoms with Gasteiger partial charge in [-0.15, -0.1) is 5.10 Å². The smallest absolute Gasteiger partial charge is 0.121 e. The van der Waals surface area contributed by atoms with Crippen LogP contribution in [-0.2, 0) is 6.54 Å². The summed E-state index contributed by atoms with van der Waals surface area (Å²) in [4.78, 5) is 0. The Balaban J connectivity index is 1.77. The van der Waals surface area contributed by atoms with Crippen molar-refractivity contribution in [2.24, 2.45) is 0 Å². The molecule has 6 heteroatoms. The van der Waals surface area contributed by atoms with Crippen LogP contribution in [0, 0.1) is 0 Å². The summed E-state index contributed by atoms with van der Waals surface area (Å²) in [5.41, 5.74) is 4.59. The van der Waals surface area contributed by atoms with E-state index in [2.05, 4.69) is 10.3 Å². The van der Waals surface area contributed by atoms with Gasteiger partial charge in [-0.05, 0) is 66.2 Å². The average Bonchev–Trinajstić information content (AvgIpc) is 3.18. The zero-order valence-electron chi connectivity index (χ0n) is 16.2. The number of ether oxygens (including phenoxy) is 2. The van der Waals surface area contributed by atoms with Gasteiger partial charge < -0.3 is 14.6 Å². The normalized spacial score (nSPS) is 10.7. The van der Waals surface area contributed by atoms with Crippen LogP contribution in [-0.4, -0.2) is 34.3 Å². The fourth-order valence-corrected chi connectivity index (χ4v) is 3.18. The SMILES string of the molecule is COc1ccc(Cn2nnc(-c3ccc(OC)cc3)c2-c2ccc(O)cc2)cc1. The third kappa shape index (κ3) is 3.91. The molecule has 4 aromatic rings. The van der Waals surface area contributed by atoms with Gasteiger partial charge in [-0.1, -0.05) is 17.3 Å². The van der Waals surface area contributed by atoms with Gasteiger partial charge in [-0.25, -0.2) is 4.68 Å². The monoisotopic (exact) mass is 387 g/mol. The summed E-state index contributed by atoms with van der Waals surface area (Å²) in [5, 5.41) is 18.6. The maximum absolute atomic E-state index is 9.69. The fourth-order valence-electron chi connectivity index (χ4n) is 3.18. The van der Waals surface area contributed by atoms with Gasteiger partial charge >= 0.3 is 0 Å². The van der Waals surface area contributed by atoms with E-state index in [0.717, 1.165) is 39.6 Å². The Bertz CT molecular complexity index is 1090. The fraction of sp³-hybridized carbons (Fsp3) is 0.130. The number of methoxy groups -OCH3 is 2. The van der Waals surface area contributed by atoms with E-state index in [-0.39, 0.29) is 5.75 Å². The minimum Gasteiger partial charge on any atom is -0.508 e. The molecule has 0 saturated carbocycles. The third-order valence-electron chi connectivity index (χ3n) is 4.73. The molecule has 0 saturated heterocycles. The number of phenolic OH excluding ortho intramolecular Hbond substituents is 1. The number of phenols is 1. The molecule has 0 aliphatic carbocycles. The van der Waals surface area contributed by atoms with E-state index in [1.807, 2.05) is 65.3 Å². The van der Waals surface area contributed by atoms with E-state index in [4.69, 9.17) is 9.47 Å². The Morgan fingerprint density at radius 2 is 1.31 bits per heavy atom. The van der Waals surface area contributed by atoms with Crippen molar-refractivity contribution >= 4 is 0 Å². The molecule has 3 aromatic carbocycles. The Morgan fingerprint density at radius 3 is 1.90 bits per heavy atom. The van der Waals surface area contributed by atoms with Gasteiger partial charge in [0, 0.05) is 11.1 Å². The Labute approximate surface area is 169 Å². The van der Waals surface area contributed by atoms with Crippen LogP contribution >= 0.6 is 0 Å². The number of benzene rings is 3. The van der Waals surface area contributed by atoms with Crippen LogP contribution in [0.4, 0.5) is 0 Å². The van der Waals surface area contributed by atoms with Crippen LogP contribution < -0.4 is 9.47 Å². The lowest BCUT2D eigenvalue weighted by atomic mass is 10.0. The van der Waals surface area contributed by atoms with Crippen LogP contribution in [0.3, 0.4) is 0 Å². The maximum Gasteiger partial charge on any atom is 0.121 e. The first-order valence-electron chi connectivity index (χ1n) is 9.18. The van der Waals surface area contributed by atoms with Crippen LogP contribution in [0.5, 0.6) is 17.2 Å².